The van der Waals surface area contributed by atoms with Crippen LogP contribution in [0.4, 0.5) is 4.39 Å². The van der Waals surface area contributed by atoms with Gasteiger partial charge in [0, 0.05) is 16.9 Å². The maximum atomic E-state index is 14.2. The molecule has 4 nitrogen and oxygen atoms in total. The number of halogens is 2. The van der Waals surface area contributed by atoms with Gasteiger partial charge in [0.05, 0.1) is 12.2 Å². The zero-order chi connectivity index (χ0) is 17.1. The predicted molar refractivity (Wildman–Crippen MR) is 89.9 cm³/mol. The van der Waals surface area contributed by atoms with Crippen molar-refractivity contribution in [2.75, 3.05) is 6.61 Å². The van der Waals surface area contributed by atoms with Crippen LogP contribution in [0.25, 0.3) is 17.1 Å². The van der Waals surface area contributed by atoms with Crippen LogP contribution >= 0.6 is 11.6 Å². The smallest absolute Gasteiger partial charge is 0.358 e. The molecule has 0 amide bonds. The molecule has 0 N–H and O–H groups in total. The second kappa shape index (κ2) is 6.84. The normalized spacial score (nSPS) is 10.6. The van der Waals surface area contributed by atoms with Crippen molar-refractivity contribution in [1.29, 1.82) is 0 Å². The highest BCUT2D eigenvalue weighted by Crippen LogP contribution is 2.26. The Balaban J connectivity index is 2.19. The number of rotatable bonds is 4. The molecule has 1 heterocycles. The van der Waals surface area contributed by atoms with E-state index in [1.807, 2.05) is 0 Å². The number of ether oxygens (including phenoxy) is 1. The average molecular weight is 345 g/mol. The monoisotopic (exact) mass is 344 g/mol. The van der Waals surface area contributed by atoms with Gasteiger partial charge in [-0.15, -0.1) is 0 Å². The quantitative estimate of drug-likeness (QED) is 0.654. The van der Waals surface area contributed by atoms with Crippen LogP contribution in [0, 0.1) is 5.82 Å². The molecule has 3 aromatic rings. The molecule has 6 heteroatoms. The van der Waals surface area contributed by atoms with Crippen LogP contribution in [-0.2, 0) is 4.74 Å². The molecule has 0 atom stereocenters. The first kappa shape index (κ1) is 16.2. The molecule has 0 radical (unpaired) electrons. The summed E-state index contributed by atoms with van der Waals surface area (Å²) in [5.74, 6) is -0.684. The lowest BCUT2D eigenvalue weighted by atomic mass is 10.2. The van der Waals surface area contributed by atoms with E-state index >= 15 is 0 Å². The molecule has 0 aliphatic carbocycles. The Labute approximate surface area is 143 Å². The molecular formula is C18H14ClFN2O2. The van der Waals surface area contributed by atoms with E-state index in [2.05, 4.69) is 4.98 Å². The van der Waals surface area contributed by atoms with E-state index in [1.165, 1.54) is 12.3 Å². The van der Waals surface area contributed by atoms with E-state index in [9.17, 15) is 9.18 Å². The standard InChI is InChI=1S/C18H14ClFN2O2/c1-2-24-18(23)16-11-22(13-7-5-6-12(19)10-13)17(21-16)14-8-3-4-9-15(14)20/h3-11H,2H2,1H3. The first-order chi connectivity index (χ1) is 11.6. The van der Waals surface area contributed by atoms with Crippen molar-refractivity contribution in [3.63, 3.8) is 0 Å². The van der Waals surface area contributed by atoms with Gasteiger partial charge in [-0.25, -0.2) is 14.2 Å². The van der Waals surface area contributed by atoms with Crippen molar-refractivity contribution in [3.05, 3.63) is 71.3 Å². The number of benzene rings is 2. The van der Waals surface area contributed by atoms with Gasteiger partial charge in [0.25, 0.3) is 0 Å². The number of hydrogen-bond acceptors (Lipinski definition) is 3. The maximum absolute atomic E-state index is 14.2. The van der Waals surface area contributed by atoms with E-state index < -0.39 is 11.8 Å². The van der Waals surface area contributed by atoms with Crippen LogP contribution in [0.5, 0.6) is 0 Å². The van der Waals surface area contributed by atoms with E-state index in [0.29, 0.717) is 16.5 Å². The lowest BCUT2D eigenvalue weighted by Gasteiger charge is -2.08. The Morgan fingerprint density at radius 3 is 2.75 bits per heavy atom. The molecule has 0 saturated heterocycles. The SMILES string of the molecule is CCOC(=O)c1cn(-c2cccc(Cl)c2)c(-c2ccccc2F)n1. The number of hydrogen-bond donors (Lipinski definition) is 0. The van der Waals surface area contributed by atoms with Gasteiger partial charge in [-0.2, -0.15) is 0 Å². The van der Waals surface area contributed by atoms with Crippen molar-refractivity contribution < 1.29 is 13.9 Å². The molecule has 0 aliphatic rings. The fourth-order valence-corrected chi connectivity index (χ4v) is 2.52. The Kier molecular flexibility index (Phi) is 4.62. The predicted octanol–water partition coefficient (Wildman–Crippen LogP) is 4.51. The zero-order valence-electron chi connectivity index (χ0n) is 12.9. The van der Waals surface area contributed by atoms with Gasteiger partial charge in [-0.05, 0) is 37.3 Å². The number of esters is 1. The average Bonchev–Trinajstić information content (AvgIpc) is 3.01. The van der Waals surface area contributed by atoms with Crippen molar-refractivity contribution in [3.8, 4) is 17.1 Å². The van der Waals surface area contributed by atoms with Gasteiger partial charge in [-0.1, -0.05) is 29.8 Å². The number of nitrogens with zero attached hydrogens (tertiary/aromatic N) is 2. The molecule has 0 saturated carbocycles. The van der Waals surface area contributed by atoms with Crippen LogP contribution in [0.1, 0.15) is 17.4 Å². The molecule has 1 aromatic heterocycles. The highest BCUT2D eigenvalue weighted by atomic mass is 35.5. The topological polar surface area (TPSA) is 44.1 Å². The molecule has 0 fully saturated rings. The third kappa shape index (κ3) is 3.16. The van der Waals surface area contributed by atoms with Gasteiger partial charge in [0.1, 0.15) is 11.6 Å². The van der Waals surface area contributed by atoms with Crippen molar-refractivity contribution in [2.45, 2.75) is 6.92 Å². The van der Waals surface area contributed by atoms with Crippen molar-refractivity contribution >= 4 is 17.6 Å². The largest absolute Gasteiger partial charge is 0.461 e. The molecule has 2 aromatic carbocycles. The second-order valence-corrected chi connectivity index (χ2v) is 5.44. The molecule has 0 unspecified atom stereocenters. The van der Waals surface area contributed by atoms with E-state index in [0.717, 1.165) is 0 Å². The lowest BCUT2D eigenvalue weighted by Crippen LogP contribution is -2.04. The first-order valence-electron chi connectivity index (χ1n) is 7.37. The van der Waals surface area contributed by atoms with Crippen LogP contribution in [0.2, 0.25) is 5.02 Å². The summed E-state index contributed by atoms with van der Waals surface area (Å²) in [4.78, 5) is 16.3. The van der Waals surface area contributed by atoms with E-state index in [-0.39, 0.29) is 17.9 Å². The van der Waals surface area contributed by atoms with Crippen molar-refractivity contribution in [2.24, 2.45) is 0 Å². The lowest BCUT2D eigenvalue weighted by molar-refractivity contribution is 0.0520. The summed E-state index contributed by atoms with van der Waals surface area (Å²) in [5, 5.41) is 0.526. The Morgan fingerprint density at radius 1 is 1.25 bits per heavy atom. The van der Waals surface area contributed by atoms with Crippen LogP contribution in [0.3, 0.4) is 0 Å². The Morgan fingerprint density at radius 2 is 2.04 bits per heavy atom. The summed E-state index contributed by atoms with van der Waals surface area (Å²) in [6, 6.07) is 13.3. The van der Waals surface area contributed by atoms with Crippen molar-refractivity contribution in [1.82, 2.24) is 9.55 Å². The molecule has 0 bridgehead atoms. The third-order valence-corrected chi connectivity index (χ3v) is 3.63. The van der Waals surface area contributed by atoms with Gasteiger partial charge in [0.2, 0.25) is 0 Å². The van der Waals surface area contributed by atoms with Gasteiger partial charge < -0.3 is 4.74 Å². The summed E-state index contributed by atoms with van der Waals surface area (Å²) in [6.45, 7) is 1.95. The fourth-order valence-electron chi connectivity index (χ4n) is 2.34. The first-order valence-corrected chi connectivity index (χ1v) is 7.75. The maximum Gasteiger partial charge on any atom is 0.358 e. The van der Waals surface area contributed by atoms with Crippen LogP contribution < -0.4 is 0 Å². The molecule has 3 rings (SSSR count). The highest BCUT2D eigenvalue weighted by Gasteiger charge is 2.19. The fraction of sp³-hybridized carbons (Fsp3) is 0.111. The van der Waals surface area contributed by atoms with Gasteiger partial charge in [-0.3, -0.25) is 4.57 Å². The molecule has 24 heavy (non-hydrogen) atoms. The zero-order valence-corrected chi connectivity index (χ0v) is 13.6. The van der Waals surface area contributed by atoms with Gasteiger partial charge in [0.15, 0.2) is 5.69 Å². The minimum atomic E-state index is -0.559. The van der Waals surface area contributed by atoms with Crippen LogP contribution in [0.15, 0.2) is 54.7 Å². The summed E-state index contributed by atoms with van der Waals surface area (Å²) in [7, 11) is 0. The van der Waals surface area contributed by atoms with E-state index in [1.54, 1.807) is 54.0 Å². The molecule has 0 spiro atoms. The number of carbonyl (C=O) groups is 1. The summed E-state index contributed by atoms with van der Waals surface area (Å²) >= 11 is 6.04. The molecule has 122 valence electrons. The number of imidazole rings is 1. The second-order valence-electron chi connectivity index (χ2n) is 5.00. The highest BCUT2D eigenvalue weighted by molar-refractivity contribution is 6.30. The summed E-state index contributed by atoms with van der Waals surface area (Å²) < 4.78 is 20.8. The summed E-state index contributed by atoms with van der Waals surface area (Å²) in [5.41, 5.74) is 1.06. The Hall–Kier alpha value is -2.66. The van der Waals surface area contributed by atoms with Crippen LogP contribution in [-0.4, -0.2) is 22.1 Å². The minimum Gasteiger partial charge on any atom is -0.461 e. The van der Waals surface area contributed by atoms with E-state index in [4.69, 9.17) is 16.3 Å². The summed E-state index contributed by atoms with van der Waals surface area (Å²) in [6.07, 6.45) is 1.52. The number of carbonyl (C=O) groups excluding carboxylic acids is 1. The van der Waals surface area contributed by atoms with Gasteiger partial charge >= 0.3 is 5.97 Å². The number of aromatic nitrogens is 2. The molecule has 0 aliphatic heterocycles. The Bertz CT molecular complexity index is 892. The third-order valence-electron chi connectivity index (χ3n) is 3.39. The minimum absolute atomic E-state index is 0.107. The molecular weight excluding hydrogens is 331 g/mol.